The number of hydrogen-bond acceptors (Lipinski definition) is 2. The third-order valence-corrected chi connectivity index (χ3v) is 2.76. The smallest absolute Gasteiger partial charge is 0.219 e. The SMILES string of the molecule is CC(=O)N1CCN(C)C(C)(C)C1. The van der Waals surface area contributed by atoms with Crippen LogP contribution in [0.2, 0.25) is 0 Å². The van der Waals surface area contributed by atoms with E-state index in [0.717, 1.165) is 19.6 Å². The fraction of sp³-hybridized carbons (Fsp3) is 0.889. The Bertz CT molecular complexity index is 189. The molecule has 0 atom stereocenters. The molecule has 0 bridgehead atoms. The second-order valence-electron chi connectivity index (χ2n) is 4.17. The molecule has 0 N–H and O–H groups in total. The lowest BCUT2D eigenvalue weighted by Crippen LogP contribution is -2.58. The normalized spacial score (nSPS) is 24.2. The summed E-state index contributed by atoms with van der Waals surface area (Å²) in [5.74, 6) is 0.191. The van der Waals surface area contributed by atoms with E-state index in [1.807, 2.05) is 4.90 Å². The van der Waals surface area contributed by atoms with Gasteiger partial charge in [0.1, 0.15) is 0 Å². The Morgan fingerprint density at radius 3 is 2.33 bits per heavy atom. The van der Waals surface area contributed by atoms with Gasteiger partial charge in [-0.05, 0) is 20.9 Å². The largest absolute Gasteiger partial charge is 0.340 e. The summed E-state index contributed by atoms with van der Waals surface area (Å²) in [4.78, 5) is 15.3. The van der Waals surface area contributed by atoms with Crippen molar-refractivity contribution in [3.8, 4) is 0 Å². The van der Waals surface area contributed by atoms with Gasteiger partial charge in [0.25, 0.3) is 0 Å². The number of nitrogens with zero attached hydrogens (tertiary/aromatic N) is 2. The number of amides is 1. The number of carbonyl (C=O) groups excluding carboxylic acids is 1. The average molecular weight is 170 g/mol. The van der Waals surface area contributed by atoms with Crippen molar-refractivity contribution in [2.24, 2.45) is 0 Å². The van der Waals surface area contributed by atoms with Crippen molar-refractivity contribution in [3.05, 3.63) is 0 Å². The van der Waals surface area contributed by atoms with Crippen LogP contribution in [-0.4, -0.2) is 47.9 Å². The lowest BCUT2D eigenvalue weighted by Gasteiger charge is -2.45. The van der Waals surface area contributed by atoms with Crippen molar-refractivity contribution in [1.82, 2.24) is 9.80 Å². The van der Waals surface area contributed by atoms with Crippen LogP contribution in [0.1, 0.15) is 20.8 Å². The molecule has 1 rings (SSSR count). The Morgan fingerprint density at radius 2 is 1.92 bits per heavy atom. The molecule has 0 spiro atoms. The highest BCUT2D eigenvalue weighted by atomic mass is 16.2. The molecule has 70 valence electrons. The summed E-state index contributed by atoms with van der Waals surface area (Å²) in [7, 11) is 2.11. The highest BCUT2D eigenvalue weighted by Crippen LogP contribution is 2.18. The predicted octanol–water partition coefficient (Wildman–Crippen LogP) is 0.559. The van der Waals surface area contributed by atoms with Crippen LogP contribution in [0.3, 0.4) is 0 Å². The minimum atomic E-state index is 0.129. The zero-order valence-electron chi connectivity index (χ0n) is 8.42. The Kier molecular flexibility index (Phi) is 2.42. The first-order valence-corrected chi connectivity index (χ1v) is 4.40. The summed E-state index contributed by atoms with van der Waals surface area (Å²) in [5.41, 5.74) is 0.129. The lowest BCUT2D eigenvalue weighted by molar-refractivity contribution is -0.133. The summed E-state index contributed by atoms with van der Waals surface area (Å²) >= 11 is 0. The highest BCUT2D eigenvalue weighted by molar-refractivity contribution is 5.73. The van der Waals surface area contributed by atoms with E-state index in [9.17, 15) is 4.79 Å². The number of rotatable bonds is 0. The Hall–Kier alpha value is -0.570. The van der Waals surface area contributed by atoms with Gasteiger partial charge in [0, 0.05) is 32.1 Å². The molecule has 3 nitrogen and oxygen atoms in total. The summed E-state index contributed by atoms with van der Waals surface area (Å²) in [6.45, 7) is 8.67. The molecule has 0 aromatic carbocycles. The summed E-state index contributed by atoms with van der Waals surface area (Å²) in [6, 6.07) is 0. The van der Waals surface area contributed by atoms with Crippen LogP contribution in [0.15, 0.2) is 0 Å². The third-order valence-electron chi connectivity index (χ3n) is 2.76. The average Bonchev–Trinajstić information content (AvgIpc) is 1.94. The molecule has 0 aromatic heterocycles. The molecule has 1 saturated heterocycles. The maximum absolute atomic E-state index is 11.1. The molecular weight excluding hydrogens is 152 g/mol. The van der Waals surface area contributed by atoms with Crippen molar-refractivity contribution in [2.45, 2.75) is 26.3 Å². The van der Waals surface area contributed by atoms with Crippen LogP contribution in [0.4, 0.5) is 0 Å². The topological polar surface area (TPSA) is 23.6 Å². The second kappa shape index (κ2) is 3.05. The zero-order chi connectivity index (χ0) is 9.35. The fourth-order valence-corrected chi connectivity index (χ4v) is 1.51. The van der Waals surface area contributed by atoms with E-state index in [0.29, 0.717) is 0 Å². The lowest BCUT2D eigenvalue weighted by atomic mass is 10.00. The van der Waals surface area contributed by atoms with Crippen LogP contribution >= 0.6 is 0 Å². The Morgan fingerprint density at radius 1 is 1.33 bits per heavy atom. The Labute approximate surface area is 74.3 Å². The van der Waals surface area contributed by atoms with Gasteiger partial charge in [0.2, 0.25) is 5.91 Å². The van der Waals surface area contributed by atoms with Crippen LogP contribution in [0.25, 0.3) is 0 Å². The van der Waals surface area contributed by atoms with Gasteiger partial charge in [0.05, 0.1) is 0 Å². The van der Waals surface area contributed by atoms with E-state index in [2.05, 4.69) is 25.8 Å². The van der Waals surface area contributed by atoms with Crippen molar-refractivity contribution >= 4 is 5.91 Å². The minimum absolute atomic E-state index is 0.129. The van der Waals surface area contributed by atoms with E-state index >= 15 is 0 Å². The van der Waals surface area contributed by atoms with Gasteiger partial charge in [-0.1, -0.05) is 0 Å². The third kappa shape index (κ3) is 1.78. The number of likely N-dealkylation sites (N-methyl/N-ethyl adjacent to an activating group) is 1. The van der Waals surface area contributed by atoms with Crippen molar-refractivity contribution < 1.29 is 4.79 Å². The molecule has 1 aliphatic rings. The van der Waals surface area contributed by atoms with Crippen LogP contribution in [0.5, 0.6) is 0 Å². The minimum Gasteiger partial charge on any atom is -0.340 e. The van der Waals surface area contributed by atoms with E-state index in [4.69, 9.17) is 0 Å². The maximum atomic E-state index is 11.1. The molecular formula is C9H18N2O. The molecule has 12 heavy (non-hydrogen) atoms. The van der Waals surface area contributed by atoms with E-state index < -0.39 is 0 Å². The van der Waals surface area contributed by atoms with Crippen molar-refractivity contribution in [1.29, 1.82) is 0 Å². The van der Waals surface area contributed by atoms with E-state index in [-0.39, 0.29) is 11.4 Å². The standard InChI is InChI=1S/C9H18N2O/c1-8(12)11-6-5-10(4)9(2,3)7-11/h5-7H2,1-4H3. The van der Waals surface area contributed by atoms with Crippen LogP contribution < -0.4 is 0 Å². The fourth-order valence-electron chi connectivity index (χ4n) is 1.51. The number of piperazine rings is 1. The molecule has 3 heteroatoms. The van der Waals surface area contributed by atoms with Crippen molar-refractivity contribution in [3.63, 3.8) is 0 Å². The van der Waals surface area contributed by atoms with Crippen molar-refractivity contribution in [2.75, 3.05) is 26.7 Å². The monoisotopic (exact) mass is 170 g/mol. The molecule has 0 aromatic rings. The first-order valence-electron chi connectivity index (χ1n) is 4.40. The van der Waals surface area contributed by atoms with Gasteiger partial charge in [-0.3, -0.25) is 9.69 Å². The van der Waals surface area contributed by atoms with Gasteiger partial charge in [-0.25, -0.2) is 0 Å². The quantitative estimate of drug-likeness (QED) is 0.530. The van der Waals surface area contributed by atoms with Gasteiger partial charge in [0.15, 0.2) is 0 Å². The second-order valence-corrected chi connectivity index (χ2v) is 4.17. The summed E-state index contributed by atoms with van der Waals surface area (Å²) in [5, 5.41) is 0. The molecule has 0 unspecified atom stereocenters. The van der Waals surface area contributed by atoms with Gasteiger partial charge in [-0.2, -0.15) is 0 Å². The molecule has 1 fully saturated rings. The molecule has 1 heterocycles. The van der Waals surface area contributed by atoms with Gasteiger partial charge < -0.3 is 4.90 Å². The van der Waals surface area contributed by atoms with E-state index in [1.54, 1.807) is 6.92 Å². The number of hydrogen-bond donors (Lipinski definition) is 0. The van der Waals surface area contributed by atoms with Crippen LogP contribution in [0, 0.1) is 0 Å². The first-order chi connectivity index (χ1) is 5.43. The van der Waals surface area contributed by atoms with Crippen LogP contribution in [-0.2, 0) is 4.79 Å². The zero-order valence-corrected chi connectivity index (χ0v) is 8.42. The summed E-state index contributed by atoms with van der Waals surface area (Å²) in [6.07, 6.45) is 0. The summed E-state index contributed by atoms with van der Waals surface area (Å²) < 4.78 is 0. The molecule has 0 radical (unpaired) electrons. The van der Waals surface area contributed by atoms with Gasteiger partial charge >= 0.3 is 0 Å². The Balaban J connectivity index is 2.63. The highest BCUT2D eigenvalue weighted by Gasteiger charge is 2.31. The van der Waals surface area contributed by atoms with Gasteiger partial charge in [-0.15, -0.1) is 0 Å². The molecule has 1 aliphatic heterocycles. The number of carbonyl (C=O) groups is 1. The molecule has 0 saturated carbocycles. The molecule has 0 aliphatic carbocycles. The predicted molar refractivity (Wildman–Crippen MR) is 49.0 cm³/mol. The van der Waals surface area contributed by atoms with E-state index in [1.165, 1.54) is 0 Å². The maximum Gasteiger partial charge on any atom is 0.219 e. The molecule has 1 amide bonds. The first kappa shape index (κ1) is 9.52.